The van der Waals surface area contributed by atoms with E-state index in [4.69, 9.17) is 9.47 Å². The summed E-state index contributed by atoms with van der Waals surface area (Å²) in [6, 6.07) is 10.1. The minimum Gasteiger partial charge on any atom is -0.479 e. The van der Waals surface area contributed by atoms with Crippen LogP contribution in [0.4, 0.5) is 18.9 Å². The van der Waals surface area contributed by atoms with Gasteiger partial charge in [0.1, 0.15) is 5.75 Å². The minimum atomic E-state index is -1.71. The second kappa shape index (κ2) is 9.07. The van der Waals surface area contributed by atoms with Crippen molar-refractivity contribution in [3.63, 3.8) is 0 Å². The molecule has 27 heavy (non-hydrogen) atoms. The molecule has 0 saturated heterocycles. The van der Waals surface area contributed by atoms with E-state index in [1.807, 2.05) is 0 Å². The molecule has 0 aliphatic rings. The summed E-state index contributed by atoms with van der Waals surface area (Å²) in [4.78, 5) is 24.3. The van der Waals surface area contributed by atoms with Gasteiger partial charge in [0.2, 0.25) is 0 Å². The monoisotopic (exact) mass is 381 g/mol. The van der Waals surface area contributed by atoms with Crippen molar-refractivity contribution in [2.75, 3.05) is 5.32 Å². The Morgan fingerprint density at radius 1 is 1.04 bits per heavy atom. The molecular formula is C19H18F3NO4. The van der Waals surface area contributed by atoms with Crippen LogP contribution < -0.4 is 10.1 Å². The normalized spacial score (nSPS) is 12.8. The average Bonchev–Trinajstić information content (AvgIpc) is 2.67. The van der Waals surface area contributed by atoms with Crippen LogP contribution in [-0.4, -0.2) is 24.1 Å². The van der Waals surface area contributed by atoms with Gasteiger partial charge in [-0.15, -0.1) is 0 Å². The Hall–Kier alpha value is -3.03. The van der Waals surface area contributed by atoms with Gasteiger partial charge >= 0.3 is 5.97 Å². The number of carbonyl (C=O) groups excluding carboxylic acids is 2. The van der Waals surface area contributed by atoms with E-state index in [9.17, 15) is 22.8 Å². The topological polar surface area (TPSA) is 64.6 Å². The van der Waals surface area contributed by atoms with Gasteiger partial charge in [-0.25, -0.2) is 18.0 Å². The number of anilines is 1. The number of amides is 1. The van der Waals surface area contributed by atoms with Crippen molar-refractivity contribution in [1.82, 2.24) is 0 Å². The molecule has 0 bridgehead atoms. The SMILES string of the molecule is CC[C@@H](Oc1ccccc1)C(=O)O[C@H](C)C(=O)Nc1ccc(F)c(F)c1F. The molecule has 0 saturated carbocycles. The molecule has 0 spiro atoms. The average molecular weight is 381 g/mol. The van der Waals surface area contributed by atoms with Crippen LogP contribution in [0.25, 0.3) is 0 Å². The summed E-state index contributed by atoms with van der Waals surface area (Å²) in [5, 5.41) is 2.05. The van der Waals surface area contributed by atoms with Crippen molar-refractivity contribution < 1.29 is 32.2 Å². The van der Waals surface area contributed by atoms with Crippen molar-refractivity contribution in [3.8, 4) is 5.75 Å². The number of nitrogens with one attached hydrogen (secondary N) is 1. The number of hydrogen-bond acceptors (Lipinski definition) is 4. The van der Waals surface area contributed by atoms with E-state index < -0.39 is 47.2 Å². The van der Waals surface area contributed by atoms with E-state index in [2.05, 4.69) is 5.32 Å². The first-order valence-electron chi connectivity index (χ1n) is 8.20. The lowest BCUT2D eigenvalue weighted by Gasteiger charge is -2.19. The summed E-state index contributed by atoms with van der Waals surface area (Å²) < 4.78 is 50.3. The van der Waals surface area contributed by atoms with Gasteiger partial charge in [0, 0.05) is 0 Å². The van der Waals surface area contributed by atoms with E-state index >= 15 is 0 Å². The van der Waals surface area contributed by atoms with Gasteiger partial charge in [-0.1, -0.05) is 25.1 Å². The van der Waals surface area contributed by atoms with Crippen LogP contribution in [0.1, 0.15) is 20.3 Å². The number of hydrogen-bond donors (Lipinski definition) is 1. The van der Waals surface area contributed by atoms with Gasteiger partial charge < -0.3 is 14.8 Å². The van der Waals surface area contributed by atoms with E-state index in [1.54, 1.807) is 37.3 Å². The van der Waals surface area contributed by atoms with Crippen LogP contribution >= 0.6 is 0 Å². The standard InChI is InChI=1S/C19H18F3NO4/c1-3-15(27-12-7-5-4-6-8-12)19(25)26-11(2)18(24)23-14-10-9-13(20)16(21)17(14)22/h4-11,15H,3H2,1-2H3,(H,23,24)/t11-,15-/m1/s1. The molecule has 144 valence electrons. The Balaban J connectivity index is 1.98. The lowest BCUT2D eigenvalue weighted by atomic mass is 10.2. The zero-order chi connectivity index (χ0) is 20.0. The van der Waals surface area contributed by atoms with Crippen molar-refractivity contribution in [2.24, 2.45) is 0 Å². The lowest BCUT2D eigenvalue weighted by molar-refractivity contribution is -0.160. The number of esters is 1. The van der Waals surface area contributed by atoms with Gasteiger partial charge in [-0.05, 0) is 37.6 Å². The minimum absolute atomic E-state index is 0.292. The fourth-order valence-electron chi connectivity index (χ4n) is 2.12. The fraction of sp³-hybridized carbons (Fsp3) is 0.263. The summed E-state index contributed by atoms with van der Waals surface area (Å²) in [5.74, 6) is -5.85. The smallest absolute Gasteiger partial charge is 0.348 e. The summed E-state index contributed by atoms with van der Waals surface area (Å²) in [7, 11) is 0. The lowest BCUT2D eigenvalue weighted by Crippen LogP contribution is -2.36. The van der Waals surface area contributed by atoms with Gasteiger partial charge in [0.05, 0.1) is 5.69 Å². The van der Waals surface area contributed by atoms with Gasteiger partial charge in [-0.3, -0.25) is 4.79 Å². The number of carbonyl (C=O) groups is 2. The summed E-state index contributed by atoms with van der Waals surface area (Å²) in [6.45, 7) is 2.97. The van der Waals surface area contributed by atoms with Crippen LogP contribution in [0.2, 0.25) is 0 Å². The fourth-order valence-corrected chi connectivity index (χ4v) is 2.12. The molecule has 0 radical (unpaired) electrons. The number of para-hydroxylation sites is 1. The maximum Gasteiger partial charge on any atom is 0.348 e. The van der Waals surface area contributed by atoms with E-state index in [-0.39, 0.29) is 0 Å². The second-order valence-corrected chi connectivity index (χ2v) is 5.62. The van der Waals surface area contributed by atoms with Crippen molar-refractivity contribution in [3.05, 3.63) is 59.9 Å². The maximum atomic E-state index is 13.6. The third kappa shape index (κ3) is 5.22. The first-order chi connectivity index (χ1) is 12.8. The summed E-state index contributed by atoms with van der Waals surface area (Å²) in [6.07, 6.45) is -1.96. The Labute approximate surface area is 154 Å². The van der Waals surface area contributed by atoms with E-state index in [0.29, 0.717) is 18.2 Å². The molecule has 1 N–H and O–H groups in total. The molecule has 2 aromatic carbocycles. The number of benzene rings is 2. The van der Waals surface area contributed by atoms with Gasteiger partial charge in [0.15, 0.2) is 29.7 Å². The summed E-state index contributed by atoms with van der Waals surface area (Å²) in [5.41, 5.74) is -0.561. The Morgan fingerprint density at radius 2 is 1.70 bits per heavy atom. The molecule has 0 aromatic heterocycles. The van der Waals surface area contributed by atoms with E-state index in [1.165, 1.54) is 6.92 Å². The van der Waals surface area contributed by atoms with Crippen LogP contribution in [0.15, 0.2) is 42.5 Å². The zero-order valence-corrected chi connectivity index (χ0v) is 14.7. The maximum absolute atomic E-state index is 13.6. The van der Waals surface area contributed by atoms with Crippen LogP contribution in [-0.2, 0) is 14.3 Å². The third-order valence-electron chi connectivity index (χ3n) is 3.61. The Morgan fingerprint density at radius 3 is 2.33 bits per heavy atom. The molecule has 0 heterocycles. The molecule has 0 unspecified atom stereocenters. The molecule has 2 rings (SSSR count). The molecule has 0 aliphatic carbocycles. The Bertz CT molecular complexity index is 814. The highest BCUT2D eigenvalue weighted by Crippen LogP contribution is 2.20. The Kier molecular flexibility index (Phi) is 6.81. The van der Waals surface area contributed by atoms with Crippen molar-refractivity contribution in [1.29, 1.82) is 0 Å². The highest BCUT2D eigenvalue weighted by atomic mass is 19.2. The number of halogens is 3. The van der Waals surface area contributed by atoms with Gasteiger partial charge in [-0.2, -0.15) is 0 Å². The van der Waals surface area contributed by atoms with Gasteiger partial charge in [0.25, 0.3) is 5.91 Å². The van der Waals surface area contributed by atoms with E-state index in [0.717, 1.165) is 6.07 Å². The van der Waals surface area contributed by atoms with Crippen molar-refractivity contribution >= 4 is 17.6 Å². The largest absolute Gasteiger partial charge is 0.479 e. The van der Waals surface area contributed by atoms with Crippen molar-refractivity contribution in [2.45, 2.75) is 32.5 Å². The molecule has 0 aliphatic heterocycles. The third-order valence-corrected chi connectivity index (χ3v) is 3.61. The molecule has 0 fully saturated rings. The zero-order valence-electron chi connectivity index (χ0n) is 14.7. The van der Waals surface area contributed by atoms with Crippen LogP contribution in [0.3, 0.4) is 0 Å². The predicted molar refractivity (Wildman–Crippen MR) is 91.6 cm³/mol. The van der Waals surface area contributed by atoms with Crippen LogP contribution in [0.5, 0.6) is 5.75 Å². The summed E-state index contributed by atoms with van der Waals surface area (Å²) >= 11 is 0. The molecule has 5 nitrogen and oxygen atoms in total. The number of rotatable bonds is 7. The quantitative estimate of drug-likeness (QED) is 0.585. The molecular weight excluding hydrogens is 363 g/mol. The molecule has 2 atom stereocenters. The first-order valence-corrected chi connectivity index (χ1v) is 8.20. The molecule has 2 aromatic rings. The number of ether oxygens (including phenoxy) is 2. The van der Waals surface area contributed by atoms with Crippen LogP contribution in [0, 0.1) is 17.5 Å². The second-order valence-electron chi connectivity index (χ2n) is 5.62. The molecule has 8 heteroatoms. The molecule has 1 amide bonds. The highest BCUT2D eigenvalue weighted by Gasteiger charge is 2.26. The highest BCUT2D eigenvalue weighted by molar-refractivity contribution is 5.95. The first kappa shape index (κ1) is 20.3. The predicted octanol–water partition coefficient (Wildman–Crippen LogP) is 3.83.